The first-order chi connectivity index (χ1) is 12.9. The molecule has 0 spiro atoms. The fraction of sp³-hybridized carbons (Fsp3) is 0.250. The molecule has 1 aromatic carbocycles. The molecule has 0 saturated heterocycles. The van der Waals surface area contributed by atoms with Gasteiger partial charge in [0, 0.05) is 30.4 Å². The standard InChI is InChI=1S/C20H19ClN4OS/c1-4-25-11(2)22-18-16(25)8-5-12-9-13(21)6-7-14(12)17(18)15-10-24(3)20(26)23-19(15)27/h5-10,17H,4H2,1-3H3,(H,23,26,27). The van der Waals surface area contributed by atoms with Crippen molar-refractivity contribution in [1.82, 2.24) is 19.1 Å². The van der Waals surface area contributed by atoms with Crippen LogP contribution in [0.3, 0.4) is 0 Å². The van der Waals surface area contributed by atoms with Crippen LogP contribution in [0.15, 0.2) is 29.2 Å². The van der Waals surface area contributed by atoms with Gasteiger partial charge < -0.3 is 9.13 Å². The topological polar surface area (TPSA) is 55.6 Å². The summed E-state index contributed by atoms with van der Waals surface area (Å²) < 4.78 is 4.13. The zero-order chi connectivity index (χ0) is 19.3. The lowest BCUT2D eigenvalue weighted by Crippen LogP contribution is -2.22. The maximum Gasteiger partial charge on any atom is 0.326 e. The molecule has 27 heavy (non-hydrogen) atoms. The van der Waals surface area contributed by atoms with Crippen molar-refractivity contribution >= 4 is 36.0 Å². The van der Waals surface area contributed by atoms with Gasteiger partial charge in [-0.3, -0.25) is 4.98 Å². The number of nitrogens with zero attached hydrogens (tertiary/aromatic N) is 3. The first-order valence-corrected chi connectivity index (χ1v) is 9.53. The van der Waals surface area contributed by atoms with Crippen molar-refractivity contribution in [3.63, 3.8) is 0 Å². The third kappa shape index (κ3) is 2.89. The van der Waals surface area contributed by atoms with Crippen LogP contribution in [0.1, 0.15) is 46.7 Å². The van der Waals surface area contributed by atoms with E-state index in [1.165, 1.54) is 4.57 Å². The van der Waals surface area contributed by atoms with Crippen LogP contribution in [-0.2, 0) is 13.6 Å². The highest BCUT2D eigenvalue weighted by Crippen LogP contribution is 2.39. The number of hydrogen-bond donors (Lipinski definition) is 1. The normalized spacial score (nSPS) is 15.3. The van der Waals surface area contributed by atoms with Crippen molar-refractivity contribution in [2.24, 2.45) is 7.05 Å². The summed E-state index contributed by atoms with van der Waals surface area (Å²) in [5, 5.41) is 0.678. The van der Waals surface area contributed by atoms with E-state index in [0.717, 1.165) is 40.4 Å². The average Bonchev–Trinajstić information content (AvgIpc) is 2.85. The number of hydrogen-bond acceptors (Lipinski definition) is 3. The van der Waals surface area contributed by atoms with Gasteiger partial charge in [-0.05, 0) is 43.2 Å². The van der Waals surface area contributed by atoms with Gasteiger partial charge in [0.1, 0.15) is 10.5 Å². The van der Waals surface area contributed by atoms with Crippen LogP contribution in [0, 0.1) is 11.6 Å². The number of aromatic nitrogens is 4. The molecule has 0 aliphatic heterocycles. The number of nitrogens with one attached hydrogen (secondary N) is 1. The first kappa shape index (κ1) is 17.9. The van der Waals surface area contributed by atoms with Gasteiger partial charge in [-0.15, -0.1) is 0 Å². The molecule has 1 aliphatic carbocycles. The van der Waals surface area contributed by atoms with Crippen LogP contribution >= 0.6 is 23.8 Å². The quantitative estimate of drug-likeness (QED) is 0.512. The molecule has 0 bridgehead atoms. The Balaban J connectivity index is 2.09. The summed E-state index contributed by atoms with van der Waals surface area (Å²) >= 11 is 11.8. The summed E-state index contributed by atoms with van der Waals surface area (Å²) in [6.45, 7) is 4.93. The molecule has 0 fully saturated rings. The van der Waals surface area contributed by atoms with Crippen molar-refractivity contribution in [2.45, 2.75) is 26.3 Å². The minimum absolute atomic E-state index is 0.190. The molecule has 2 aromatic heterocycles. The maximum absolute atomic E-state index is 12.0. The van der Waals surface area contributed by atoms with E-state index < -0.39 is 0 Å². The predicted octanol–water partition coefficient (Wildman–Crippen LogP) is 4.29. The molecule has 1 aliphatic rings. The van der Waals surface area contributed by atoms with Crippen LogP contribution in [0.2, 0.25) is 5.02 Å². The highest BCUT2D eigenvalue weighted by Gasteiger charge is 2.29. The predicted molar refractivity (Wildman–Crippen MR) is 111 cm³/mol. The van der Waals surface area contributed by atoms with Crippen molar-refractivity contribution in [1.29, 1.82) is 0 Å². The Kier molecular flexibility index (Phi) is 4.40. The summed E-state index contributed by atoms with van der Waals surface area (Å²) in [6, 6.07) is 5.84. The van der Waals surface area contributed by atoms with E-state index in [4.69, 9.17) is 28.8 Å². The Labute approximate surface area is 167 Å². The second kappa shape index (κ2) is 6.62. The highest BCUT2D eigenvalue weighted by molar-refractivity contribution is 7.71. The molecule has 5 nitrogen and oxygen atoms in total. The average molecular weight is 399 g/mol. The van der Waals surface area contributed by atoms with E-state index in [1.54, 1.807) is 13.2 Å². The summed E-state index contributed by atoms with van der Waals surface area (Å²) in [5.74, 6) is 0.763. The summed E-state index contributed by atoms with van der Waals surface area (Å²) in [5.41, 5.74) is 4.69. The first-order valence-electron chi connectivity index (χ1n) is 8.75. The van der Waals surface area contributed by atoms with Crippen molar-refractivity contribution in [3.8, 4) is 0 Å². The largest absolute Gasteiger partial charge is 0.329 e. The zero-order valence-corrected chi connectivity index (χ0v) is 16.9. The Morgan fingerprint density at radius 1 is 1.30 bits per heavy atom. The zero-order valence-electron chi connectivity index (χ0n) is 15.3. The number of aryl methyl sites for hydroxylation is 2. The second-order valence-corrected chi connectivity index (χ2v) is 7.51. The second-order valence-electron chi connectivity index (χ2n) is 6.67. The van der Waals surface area contributed by atoms with Gasteiger partial charge in [0.2, 0.25) is 0 Å². The van der Waals surface area contributed by atoms with Crippen LogP contribution in [0.5, 0.6) is 0 Å². The van der Waals surface area contributed by atoms with Crippen LogP contribution in [0.4, 0.5) is 0 Å². The molecule has 0 radical (unpaired) electrons. The third-order valence-corrected chi connectivity index (χ3v) is 5.62. The molecule has 138 valence electrons. The summed E-state index contributed by atoms with van der Waals surface area (Å²) in [6.07, 6.45) is 5.96. The summed E-state index contributed by atoms with van der Waals surface area (Å²) in [7, 11) is 1.71. The lowest BCUT2D eigenvalue weighted by molar-refractivity contribution is 0.723. The lowest BCUT2D eigenvalue weighted by atomic mass is 9.87. The van der Waals surface area contributed by atoms with Crippen molar-refractivity contribution in [2.75, 3.05) is 0 Å². The van der Waals surface area contributed by atoms with Gasteiger partial charge >= 0.3 is 5.69 Å². The van der Waals surface area contributed by atoms with Crippen molar-refractivity contribution in [3.05, 3.63) is 78.4 Å². The van der Waals surface area contributed by atoms with Gasteiger partial charge in [-0.1, -0.05) is 36.0 Å². The molecule has 1 N–H and O–H groups in total. The van der Waals surface area contributed by atoms with E-state index >= 15 is 0 Å². The fourth-order valence-electron chi connectivity index (χ4n) is 3.76. The molecule has 4 rings (SSSR count). The molecular weight excluding hydrogens is 380 g/mol. The molecule has 2 heterocycles. The number of aromatic amines is 1. The SMILES string of the molecule is CCn1c(C)nc2c1C=Cc1cc(Cl)ccc1C2c1cn(C)c(=O)[nH]c1=S. The number of H-pyrrole nitrogens is 1. The number of benzene rings is 1. The molecule has 1 atom stereocenters. The monoisotopic (exact) mass is 398 g/mol. The van der Waals surface area contributed by atoms with E-state index in [2.05, 4.69) is 28.6 Å². The van der Waals surface area contributed by atoms with E-state index in [1.807, 2.05) is 25.1 Å². The van der Waals surface area contributed by atoms with Gasteiger partial charge in [0.25, 0.3) is 0 Å². The number of fused-ring (bicyclic) bond motifs is 2. The number of imidazole rings is 1. The van der Waals surface area contributed by atoms with Gasteiger partial charge in [0.05, 0.1) is 17.3 Å². The molecule has 0 saturated carbocycles. The Bertz CT molecular complexity index is 1200. The Morgan fingerprint density at radius 2 is 2.07 bits per heavy atom. The summed E-state index contributed by atoms with van der Waals surface area (Å²) in [4.78, 5) is 19.6. The minimum Gasteiger partial charge on any atom is -0.329 e. The molecule has 3 aromatic rings. The van der Waals surface area contributed by atoms with Crippen LogP contribution in [0.25, 0.3) is 12.2 Å². The maximum atomic E-state index is 12.0. The molecule has 0 amide bonds. The Morgan fingerprint density at radius 3 is 2.81 bits per heavy atom. The minimum atomic E-state index is -0.234. The third-order valence-electron chi connectivity index (χ3n) is 5.04. The number of halogens is 1. The van der Waals surface area contributed by atoms with Gasteiger partial charge in [-0.2, -0.15) is 0 Å². The smallest absolute Gasteiger partial charge is 0.326 e. The fourth-order valence-corrected chi connectivity index (χ4v) is 4.20. The highest BCUT2D eigenvalue weighted by atomic mass is 35.5. The number of rotatable bonds is 2. The van der Waals surface area contributed by atoms with Crippen LogP contribution < -0.4 is 5.69 Å². The van der Waals surface area contributed by atoms with Crippen molar-refractivity contribution < 1.29 is 0 Å². The molecular formula is C20H19ClN4OS. The van der Waals surface area contributed by atoms with E-state index in [-0.39, 0.29) is 11.6 Å². The Hall–Kier alpha value is -2.44. The van der Waals surface area contributed by atoms with Gasteiger partial charge in [-0.25, -0.2) is 9.78 Å². The van der Waals surface area contributed by atoms with E-state index in [9.17, 15) is 4.79 Å². The van der Waals surface area contributed by atoms with Gasteiger partial charge in [0.15, 0.2) is 0 Å². The lowest BCUT2D eigenvalue weighted by Gasteiger charge is -2.19. The molecule has 7 heteroatoms. The molecule has 1 unspecified atom stereocenters. The van der Waals surface area contributed by atoms with Crippen LogP contribution in [-0.4, -0.2) is 19.1 Å². The van der Waals surface area contributed by atoms with E-state index in [0.29, 0.717) is 9.66 Å².